The van der Waals surface area contributed by atoms with E-state index in [2.05, 4.69) is 45.1 Å². The zero-order valence-corrected chi connectivity index (χ0v) is 19.5. The summed E-state index contributed by atoms with van der Waals surface area (Å²) in [4.78, 5) is 15.0. The van der Waals surface area contributed by atoms with E-state index in [4.69, 9.17) is 11.6 Å². The third-order valence-electron chi connectivity index (χ3n) is 6.82. The Morgan fingerprint density at radius 3 is 2.65 bits per heavy atom. The van der Waals surface area contributed by atoms with E-state index in [1.165, 1.54) is 0 Å². The summed E-state index contributed by atoms with van der Waals surface area (Å²) in [5.41, 5.74) is 7.30. The zero-order valence-electron chi connectivity index (χ0n) is 18.8. The van der Waals surface area contributed by atoms with Gasteiger partial charge in [-0.3, -0.25) is 4.79 Å². The molecule has 1 fully saturated rings. The monoisotopic (exact) mass is 469 g/mol. The maximum absolute atomic E-state index is 12.8. The Morgan fingerprint density at radius 2 is 1.88 bits per heavy atom. The van der Waals surface area contributed by atoms with Gasteiger partial charge in [0.05, 0.1) is 16.8 Å². The van der Waals surface area contributed by atoms with Crippen molar-refractivity contribution < 1.29 is 9.90 Å². The van der Waals surface area contributed by atoms with Crippen molar-refractivity contribution in [2.75, 3.05) is 23.3 Å². The molecule has 0 bridgehead atoms. The molecule has 2 aliphatic rings. The molecule has 0 radical (unpaired) electrons. The number of nitrogens with zero attached hydrogens (tertiary/aromatic N) is 2. The Balaban J connectivity index is 1.36. The van der Waals surface area contributed by atoms with E-state index >= 15 is 0 Å². The van der Waals surface area contributed by atoms with Gasteiger partial charge in [-0.05, 0) is 66.1 Å². The molecule has 0 saturated carbocycles. The third kappa shape index (κ3) is 3.58. The van der Waals surface area contributed by atoms with E-state index in [1.807, 2.05) is 49.7 Å². The van der Waals surface area contributed by atoms with Gasteiger partial charge in [-0.25, -0.2) is 0 Å². The van der Waals surface area contributed by atoms with Crippen LogP contribution >= 0.6 is 11.6 Å². The second kappa shape index (κ2) is 8.05. The van der Waals surface area contributed by atoms with Crippen molar-refractivity contribution in [3.05, 3.63) is 83.0 Å². The van der Waals surface area contributed by atoms with Crippen molar-refractivity contribution in [2.45, 2.75) is 12.5 Å². The molecule has 3 aromatic carbocycles. The van der Waals surface area contributed by atoms with E-state index in [1.54, 1.807) is 0 Å². The molecule has 1 aromatic heterocycles. The van der Waals surface area contributed by atoms with Gasteiger partial charge in [0.25, 0.3) is 5.91 Å². The lowest BCUT2D eigenvalue weighted by molar-refractivity contribution is -0.110. The quantitative estimate of drug-likeness (QED) is 0.386. The summed E-state index contributed by atoms with van der Waals surface area (Å²) in [7, 11) is 2.02. The van der Waals surface area contributed by atoms with Gasteiger partial charge in [-0.2, -0.15) is 0 Å². The first-order valence-electron chi connectivity index (χ1n) is 11.4. The van der Waals surface area contributed by atoms with Crippen LogP contribution in [0.1, 0.15) is 17.5 Å². The molecular formula is C28H24ClN3O2. The average Bonchev–Trinajstić information content (AvgIpc) is 3.51. The molecule has 0 spiro atoms. The highest BCUT2D eigenvalue weighted by Gasteiger charge is 2.26. The predicted octanol–water partition coefficient (Wildman–Crippen LogP) is 5.56. The van der Waals surface area contributed by atoms with Gasteiger partial charge < -0.3 is 19.9 Å². The number of aryl methyl sites for hydroxylation is 1. The van der Waals surface area contributed by atoms with Gasteiger partial charge in [0.1, 0.15) is 0 Å². The maximum Gasteiger partial charge on any atom is 0.256 e. The van der Waals surface area contributed by atoms with Gasteiger partial charge >= 0.3 is 0 Å². The van der Waals surface area contributed by atoms with Gasteiger partial charge in [0.15, 0.2) is 0 Å². The van der Waals surface area contributed by atoms with Crippen LogP contribution in [0.25, 0.3) is 33.7 Å². The number of carbonyl (C=O) groups is 1. The second-order valence-corrected chi connectivity index (χ2v) is 9.48. The Kier molecular flexibility index (Phi) is 4.97. The fraction of sp³-hybridized carbons (Fsp3) is 0.179. The summed E-state index contributed by atoms with van der Waals surface area (Å²) in [5.74, 6) is -0.126. The van der Waals surface area contributed by atoms with E-state index in [9.17, 15) is 9.90 Å². The minimum atomic E-state index is -0.260. The first-order chi connectivity index (χ1) is 16.5. The molecule has 1 amide bonds. The van der Waals surface area contributed by atoms with Crippen molar-refractivity contribution in [3.8, 4) is 11.1 Å². The van der Waals surface area contributed by atoms with E-state index < -0.39 is 0 Å². The van der Waals surface area contributed by atoms with Crippen LogP contribution in [-0.4, -0.2) is 34.8 Å². The summed E-state index contributed by atoms with van der Waals surface area (Å²) < 4.78 is 2.08. The maximum atomic E-state index is 12.8. The van der Waals surface area contributed by atoms with E-state index in [0.29, 0.717) is 17.1 Å². The number of benzene rings is 3. The highest BCUT2D eigenvalue weighted by atomic mass is 35.5. The van der Waals surface area contributed by atoms with Crippen molar-refractivity contribution in [3.63, 3.8) is 0 Å². The van der Waals surface area contributed by atoms with E-state index in [-0.39, 0.29) is 12.0 Å². The SMILES string of the molecule is Cn1ccc2cc(/C=C3\C(=O)Nc4cc(Cl)c(-c5ccc(N6CCC(O)C6)cc5)cc43)ccc21. The molecule has 4 aromatic rings. The number of fused-ring (bicyclic) bond motifs is 2. The Hall–Kier alpha value is -3.54. The highest BCUT2D eigenvalue weighted by molar-refractivity contribution is 6.38. The molecule has 5 nitrogen and oxygen atoms in total. The van der Waals surface area contributed by atoms with Gasteiger partial charge in [0.2, 0.25) is 0 Å². The molecule has 1 unspecified atom stereocenters. The zero-order chi connectivity index (χ0) is 23.4. The topological polar surface area (TPSA) is 57.5 Å². The summed E-state index contributed by atoms with van der Waals surface area (Å²) >= 11 is 6.64. The minimum absolute atomic E-state index is 0.126. The highest BCUT2D eigenvalue weighted by Crippen LogP contribution is 2.41. The summed E-state index contributed by atoms with van der Waals surface area (Å²) in [5, 5.41) is 14.5. The van der Waals surface area contributed by atoms with Crippen molar-refractivity contribution >= 4 is 51.4 Å². The number of halogens is 1. The molecule has 170 valence electrons. The molecular weight excluding hydrogens is 446 g/mol. The number of carbonyl (C=O) groups excluding carboxylic acids is 1. The van der Waals surface area contributed by atoms with Crippen molar-refractivity contribution in [2.24, 2.45) is 7.05 Å². The number of amides is 1. The molecule has 6 heteroatoms. The summed E-state index contributed by atoms with van der Waals surface area (Å²) in [6.07, 6.45) is 4.51. The number of anilines is 2. The largest absolute Gasteiger partial charge is 0.391 e. The van der Waals surface area contributed by atoms with Gasteiger partial charge in [0, 0.05) is 59.6 Å². The first kappa shape index (κ1) is 21.0. The molecule has 1 saturated heterocycles. The number of aliphatic hydroxyl groups is 1. The lowest BCUT2D eigenvalue weighted by Gasteiger charge is -2.18. The number of hydrogen-bond acceptors (Lipinski definition) is 3. The van der Waals surface area contributed by atoms with E-state index in [0.717, 1.165) is 57.5 Å². The average molecular weight is 470 g/mol. The molecule has 2 aliphatic heterocycles. The normalized spacial score (nSPS) is 18.7. The Morgan fingerprint density at radius 1 is 1.06 bits per heavy atom. The Labute approximate surface area is 202 Å². The number of β-amino-alcohol motifs (C(OH)–C–C–N with tert-alkyl or cyclic N) is 1. The molecule has 3 heterocycles. The van der Waals surface area contributed by atoms with Crippen LogP contribution in [0.5, 0.6) is 0 Å². The number of aliphatic hydroxyl groups excluding tert-OH is 1. The molecule has 34 heavy (non-hydrogen) atoms. The van der Waals surface area contributed by atoms with Crippen LogP contribution in [0.2, 0.25) is 5.02 Å². The number of hydrogen-bond donors (Lipinski definition) is 2. The lowest BCUT2D eigenvalue weighted by atomic mass is 9.97. The molecule has 1 atom stereocenters. The summed E-state index contributed by atoms with van der Waals surface area (Å²) in [6, 6.07) is 20.3. The number of nitrogens with one attached hydrogen (secondary N) is 1. The fourth-order valence-corrected chi connectivity index (χ4v) is 5.23. The van der Waals surface area contributed by atoms with Crippen molar-refractivity contribution in [1.29, 1.82) is 0 Å². The van der Waals surface area contributed by atoms with Crippen LogP contribution in [0.3, 0.4) is 0 Å². The minimum Gasteiger partial charge on any atom is -0.391 e. The van der Waals surface area contributed by atoms with Crippen molar-refractivity contribution in [1.82, 2.24) is 4.57 Å². The smallest absolute Gasteiger partial charge is 0.256 e. The van der Waals surface area contributed by atoms with Crippen LogP contribution in [0.15, 0.2) is 66.9 Å². The molecule has 2 N–H and O–H groups in total. The predicted molar refractivity (Wildman–Crippen MR) is 139 cm³/mol. The van der Waals surface area contributed by atoms with Crippen LogP contribution in [-0.2, 0) is 11.8 Å². The lowest BCUT2D eigenvalue weighted by Crippen LogP contribution is -2.20. The second-order valence-electron chi connectivity index (χ2n) is 9.07. The molecule has 6 rings (SSSR count). The van der Waals surface area contributed by atoms with Gasteiger partial charge in [-0.15, -0.1) is 0 Å². The number of rotatable bonds is 3. The van der Waals surface area contributed by atoms with Gasteiger partial charge in [-0.1, -0.05) is 29.8 Å². The Bertz CT molecular complexity index is 1470. The first-order valence-corrected chi connectivity index (χ1v) is 11.8. The standard InChI is InChI=1S/C28H24ClN3O2/c1-31-10-8-19-12-17(2-7-27(19)31)13-24-23-14-22(25(29)15-26(23)30-28(24)34)18-3-5-20(6-4-18)32-11-9-21(33)16-32/h2-8,10,12-15,21,33H,9,11,16H2,1H3,(H,30,34)/b24-13-. The summed E-state index contributed by atoms with van der Waals surface area (Å²) in [6.45, 7) is 1.52. The van der Waals surface area contributed by atoms with Crippen LogP contribution in [0, 0.1) is 0 Å². The van der Waals surface area contributed by atoms with Crippen LogP contribution < -0.4 is 10.2 Å². The van der Waals surface area contributed by atoms with Crippen LogP contribution in [0.4, 0.5) is 11.4 Å². The molecule has 0 aliphatic carbocycles. The number of aromatic nitrogens is 1. The fourth-order valence-electron chi connectivity index (χ4n) is 4.96. The third-order valence-corrected chi connectivity index (χ3v) is 7.13.